The summed E-state index contributed by atoms with van der Waals surface area (Å²) in [6.45, 7) is 2.79. The zero-order valence-electron chi connectivity index (χ0n) is 8.40. The number of hydrogen-bond donors (Lipinski definition) is 2. The van der Waals surface area contributed by atoms with Crippen molar-refractivity contribution in [3.63, 3.8) is 0 Å². The normalized spacial score (nSPS) is 12.2. The molecule has 0 bridgehead atoms. The maximum absolute atomic E-state index is 8.82. The highest BCUT2D eigenvalue weighted by atomic mass is 16.5. The van der Waals surface area contributed by atoms with E-state index in [9.17, 15) is 0 Å². The van der Waals surface area contributed by atoms with Crippen LogP contribution in [0.3, 0.4) is 0 Å². The lowest BCUT2D eigenvalue weighted by Gasteiger charge is -2.10. The second kappa shape index (κ2) is 5.39. The summed E-state index contributed by atoms with van der Waals surface area (Å²) in [7, 11) is 1.56. The van der Waals surface area contributed by atoms with Gasteiger partial charge in [0.2, 0.25) is 5.88 Å². The van der Waals surface area contributed by atoms with E-state index in [1.54, 1.807) is 13.2 Å². The van der Waals surface area contributed by atoms with Gasteiger partial charge in [-0.1, -0.05) is 6.92 Å². The zero-order valence-corrected chi connectivity index (χ0v) is 8.40. The van der Waals surface area contributed by atoms with Crippen LogP contribution in [0.4, 0.5) is 5.82 Å². The van der Waals surface area contributed by atoms with Crippen LogP contribution in [-0.2, 0) is 0 Å². The number of ether oxygens (including phenoxy) is 1. The molecule has 1 rings (SSSR count). The number of nitrogens with zero attached hydrogens (tertiary/aromatic N) is 2. The molecular weight excluding hydrogens is 182 g/mol. The highest BCUT2D eigenvalue weighted by molar-refractivity contribution is 5.36. The van der Waals surface area contributed by atoms with Crippen LogP contribution < -0.4 is 10.1 Å². The van der Waals surface area contributed by atoms with Gasteiger partial charge in [-0.15, -0.1) is 0 Å². The minimum absolute atomic E-state index is 0.162. The summed E-state index contributed by atoms with van der Waals surface area (Å²) < 4.78 is 4.95. The van der Waals surface area contributed by atoms with Crippen LogP contribution in [0.2, 0.25) is 0 Å². The SMILES string of the molecule is COc1cc(NCC(C)CO)ncn1. The van der Waals surface area contributed by atoms with Crippen molar-refractivity contribution in [2.45, 2.75) is 6.92 Å². The molecule has 1 aromatic rings. The first-order valence-electron chi connectivity index (χ1n) is 4.47. The molecule has 5 heteroatoms. The summed E-state index contributed by atoms with van der Waals surface area (Å²) in [5, 5.41) is 11.9. The van der Waals surface area contributed by atoms with Gasteiger partial charge in [-0.3, -0.25) is 0 Å². The first-order valence-corrected chi connectivity index (χ1v) is 4.47. The molecule has 1 heterocycles. The molecule has 5 nitrogen and oxygen atoms in total. The van der Waals surface area contributed by atoms with Gasteiger partial charge in [0.05, 0.1) is 7.11 Å². The summed E-state index contributed by atoms with van der Waals surface area (Å²) >= 11 is 0. The Morgan fingerprint density at radius 3 is 3.00 bits per heavy atom. The van der Waals surface area contributed by atoms with Gasteiger partial charge in [0.1, 0.15) is 12.1 Å². The minimum atomic E-state index is 0.162. The van der Waals surface area contributed by atoms with Crippen molar-refractivity contribution in [1.82, 2.24) is 9.97 Å². The van der Waals surface area contributed by atoms with E-state index >= 15 is 0 Å². The summed E-state index contributed by atoms with van der Waals surface area (Å²) in [6, 6.07) is 1.71. The molecule has 0 saturated carbocycles. The fraction of sp³-hybridized carbons (Fsp3) is 0.556. The van der Waals surface area contributed by atoms with Crippen LogP contribution >= 0.6 is 0 Å². The minimum Gasteiger partial charge on any atom is -0.481 e. The third-order valence-corrected chi connectivity index (χ3v) is 1.79. The number of aromatic nitrogens is 2. The van der Waals surface area contributed by atoms with Gasteiger partial charge in [-0.2, -0.15) is 0 Å². The molecule has 0 aliphatic heterocycles. The van der Waals surface area contributed by atoms with Crippen molar-refractivity contribution in [2.24, 2.45) is 5.92 Å². The molecule has 0 radical (unpaired) electrons. The molecule has 0 spiro atoms. The zero-order chi connectivity index (χ0) is 10.4. The average molecular weight is 197 g/mol. The van der Waals surface area contributed by atoms with Gasteiger partial charge < -0.3 is 15.2 Å². The molecule has 78 valence electrons. The quantitative estimate of drug-likeness (QED) is 0.720. The summed E-state index contributed by atoms with van der Waals surface area (Å²) in [4.78, 5) is 7.89. The summed E-state index contributed by atoms with van der Waals surface area (Å²) in [5.74, 6) is 1.44. The molecule has 14 heavy (non-hydrogen) atoms. The number of hydrogen-bond acceptors (Lipinski definition) is 5. The van der Waals surface area contributed by atoms with E-state index in [-0.39, 0.29) is 12.5 Å². The van der Waals surface area contributed by atoms with E-state index in [4.69, 9.17) is 9.84 Å². The second-order valence-electron chi connectivity index (χ2n) is 3.11. The lowest BCUT2D eigenvalue weighted by Crippen LogP contribution is -2.15. The van der Waals surface area contributed by atoms with E-state index in [2.05, 4.69) is 15.3 Å². The van der Waals surface area contributed by atoms with E-state index in [1.165, 1.54) is 6.33 Å². The first kappa shape index (κ1) is 10.7. The fourth-order valence-electron chi connectivity index (χ4n) is 0.891. The number of nitrogens with one attached hydrogen (secondary N) is 1. The second-order valence-corrected chi connectivity index (χ2v) is 3.11. The van der Waals surface area contributed by atoms with Crippen molar-refractivity contribution in [2.75, 3.05) is 25.6 Å². The van der Waals surface area contributed by atoms with Gasteiger partial charge in [0.25, 0.3) is 0 Å². The average Bonchev–Trinajstić information content (AvgIpc) is 2.26. The fourth-order valence-corrected chi connectivity index (χ4v) is 0.891. The molecule has 1 atom stereocenters. The Balaban J connectivity index is 2.50. The summed E-state index contributed by atoms with van der Waals surface area (Å²) in [5.41, 5.74) is 0. The largest absolute Gasteiger partial charge is 0.481 e. The van der Waals surface area contributed by atoms with Crippen LogP contribution in [0, 0.1) is 5.92 Å². The van der Waals surface area contributed by atoms with E-state index < -0.39 is 0 Å². The molecule has 0 amide bonds. The van der Waals surface area contributed by atoms with E-state index in [0.29, 0.717) is 18.2 Å². The third-order valence-electron chi connectivity index (χ3n) is 1.79. The van der Waals surface area contributed by atoms with Crippen molar-refractivity contribution < 1.29 is 9.84 Å². The van der Waals surface area contributed by atoms with Crippen molar-refractivity contribution in [3.8, 4) is 5.88 Å². The lowest BCUT2D eigenvalue weighted by molar-refractivity contribution is 0.244. The molecule has 0 saturated heterocycles. The van der Waals surface area contributed by atoms with Crippen LogP contribution in [0.15, 0.2) is 12.4 Å². The van der Waals surface area contributed by atoms with Crippen LogP contribution in [-0.4, -0.2) is 35.3 Å². The maximum Gasteiger partial charge on any atom is 0.218 e. The molecule has 1 aromatic heterocycles. The summed E-state index contributed by atoms with van der Waals surface area (Å²) in [6.07, 6.45) is 1.44. The number of methoxy groups -OCH3 is 1. The van der Waals surface area contributed by atoms with E-state index in [0.717, 1.165) is 0 Å². The van der Waals surface area contributed by atoms with Crippen LogP contribution in [0.25, 0.3) is 0 Å². The Hall–Kier alpha value is -1.36. The number of aliphatic hydroxyl groups excluding tert-OH is 1. The topological polar surface area (TPSA) is 67.3 Å². The highest BCUT2D eigenvalue weighted by Gasteiger charge is 2.01. The molecule has 0 aliphatic carbocycles. The number of aliphatic hydroxyl groups is 1. The number of anilines is 1. The maximum atomic E-state index is 8.82. The predicted octanol–water partition coefficient (Wildman–Crippen LogP) is 0.525. The van der Waals surface area contributed by atoms with Gasteiger partial charge >= 0.3 is 0 Å². The van der Waals surface area contributed by atoms with Crippen LogP contribution in [0.1, 0.15) is 6.92 Å². The van der Waals surface area contributed by atoms with Gasteiger partial charge in [0.15, 0.2) is 0 Å². The van der Waals surface area contributed by atoms with E-state index in [1.807, 2.05) is 6.92 Å². The Morgan fingerprint density at radius 1 is 1.57 bits per heavy atom. The van der Waals surface area contributed by atoms with Gasteiger partial charge in [-0.05, 0) is 5.92 Å². The molecule has 0 fully saturated rings. The third kappa shape index (κ3) is 3.18. The Bertz CT molecular complexity index is 281. The van der Waals surface area contributed by atoms with Gasteiger partial charge in [0, 0.05) is 19.2 Å². The Labute approximate surface area is 83.2 Å². The predicted molar refractivity (Wildman–Crippen MR) is 53.3 cm³/mol. The van der Waals surface area contributed by atoms with Crippen LogP contribution in [0.5, 0.6) is 5.88 Å². The standard InChI is InChI=1S/C9H15N3O2/c1-7(5-13)4-10-8-3-9(14-2)12-6-11-8/h3,6-7,13H,4-5H2,1-2H3,(H,10,11,12). The molecular formula is C9H15N3O2. The van der Waals surface area contributed by atoms with Crippen molar-refractivity contribution in [1.29, 1.82) is 0 Å². The molecule has 0 aromatic carbocycles. The smallest absolute Gasteiger partial charge is 0.218 e. The Morgan fingerprint density at radius 2 is 2.36 bits per heavy atom. The number of rotatable bonds is 5. The molecule has 1 unspecified atom stereocenters. The Kier molecular flexibility index (Phi) is 4.12. The first-order chi connectivity index (χ1) is 6.76. The monoisotopic (exact) mass is 197 g/mol. The highest BCUT2D eigenvalue weighted by Crippen LogP contribution is 2.10. The molecule has 0 aliphatic rings. The molecule has 2 N–H and O–H groups in total. The van der Waals surface area contributed by atoms with Crippen molar-refractivity contribution >= 4 is 5.82 Å². The van der Waals surface area contributed by atoms with Crippen molar-refractivity contribution in [3.05, 3.63) is 12.4 Å². The van der Waals surface area contributed by atoms with Gasteiger partial charge in [-0.25, -0.2) is 9.97 Å². The lowest BCUT2D eigenvalue weighted by atomic mass is 10.2.